The average molecular weight is 272 g/mol. The van der Waals surface area contributed by atoms with Gasteiger partial charge in [0.05, 0.1) is 0 Å². The fraction of sp³-hybridized carbons (Fsp3) is 0.545. The summed E-state index contributed by atoms with van der Waals surface area (Å²) in [6, 6.07) is 1.16. The summed E-state index contributed by atoms with van der Waals surface area (Å²) in [5, 5.41) is 0. The second-order valence-electron chi connectivity index (χ2n) is 4.18. The first-order valence-corrected chi connectivity index (χ1v) is 5.71. The van der Waals surface area contributed by atoms with E-state index in [1.807, 2.05) is 0 Å². The molecule has 2 rings (SSSR count). The smallest absolute Gasteiger partial charge is 0.330 e. The lowest BCUT2D eigenvalue weighted by atomic mass is 10.2. The highest BCUT2D eigenvalue weighted by atomic mass is 19.1. The first-order chi connectivity index (χ1) is 9.01. The van der Waals surface area contributed by atoms with E-state index in [0.29, 0.717) is 0 Å². The SMILES string of the molecule is CC(=O)O[C@H]1C[C@H](n2ccc(=O)[nH]c2=O)O[C@@H]1CF. The molecule has 0 unspecified atom stereocenters. The molecule has 0 radical (unpaired) electrons. The van der Waals surface area contributed by atoms with E-state index in [9.17, 15) is 18.8 Å². The van der Waals surface area contributed by atoms with Crippen LogP contribution in [0.5, 0.6) is 0 Å². The van der Waals surface area contributed by atoms with E-state index in [1.165, 1.54) is 13.1 Å². The zero-order chi connectivity index (χ0) is 14.0. The largest absolute Gasteiger partial charge is 0.459 e. The number of aromatic amines is 1. The van der Waals surface area contributed by atoms with Gasteiger partial charge in [-0.05, 0) is 0 Å². The monoisotopic (exact) mass is 272 g/mol. The van der Waals surface area contributed by atoms with Gasteiger partial charge in [-0.25, -0.2) is 9.18 Å². The molecule has 0 aromatic carbocycles. The lowest BCUT2D eigenvalue weighted by Crippen LogP contribution is -2.31. The normalized spacial score (nSPS) is 26.3. The van der Waals surface area contributed by atoms with Crippen LogP contribution in [0.2, 0.25) is 0 Å². The van der Waals surface area contributed by atoms with Crippen molar-refractivity contribution in [2.45, 2.75) is 31.8 Å². The van der Waals surface area contributed by atoms with E-state index in [1.54, 1.807) is 0 Å². The zero-order valence-corrected chi connectivity index (χ0v) is 10.2. The van der Waals surface area contributed by atoms with Crippen LogP contribution in [0.3, 0.4) is 0 Å². The standard InChI is InChI=1S/C11H13FN2O5/c1-6(15)18-7-4-10(19-8(7)5-12)14-3-2-9(16)13-11(14)17/h2-3,7-8,10H,4-5H2,1H3,(H,13,16,17)/t7-,8+,10+/m0/s1. The van der Waals surface area contributed by atoms with Gasteiger partial charge in [-0.15, -0.1) is 0 Å². The van der Waals surface area contributed by atoms with Gasteiger partial charge in [0.15, 0.2) is 0 Å². The number of carbonyl (C=O) groups is 1. The molecule has 8 heteroatoms. The predicted molar refractivity (Wildman–Crippen MR) is 61.4 cm³/mol. The second kappa shape index (κ2) is 5.35. The number of rotatable bonds is 3. The molecule has 1 saturated heterocycles. The van der Waals surface area contributed by atoms with Gasteiger partial charge in [0.1, 0.15) is 25.1 Å². The molecule has 7 nitrogen and oxygen atoms in total. The Balaban J connectivity index is 2.21. The van der Waals surface area contributed by atoms with Crippen molar-refractivity contribution in [3.05, 3.63) is 33.1 Å². The van der Waals surface area contributed by atoms with Gasteiger partial charge in [-0.1, -0.05) is 0 Å². The number of carbonyl (C=O) groups excluding carboxylic acids is 1. The highest BCUT2D eigenvalue weighted by Crippen LogP contribution is 2.29. The van der Waals surface area contributed by atoms with Crippen LogP contribution in [0, 0.1) is 0 Å². The van der Waals surface area contributed by atoms with Crippen LogP contribution in [0.4, 0.5) is 4.39 Å². The molecule has 0 spiro atoms. The van der Waals surface area contributed by atoms with Crippen molar-refractivity contribution in [1.82, 2.24) is 9.55 Å². The van der Waals surface area contributed by atoms with Crippen molar-refractivity contribution in [2.24, 2.45) is 0 Å². The van der Waals surface area contributed by atoms with E-state index >= 15 is 0 Å². The van der Waals surface area contributed by atoms with Crippen molar-refractivity contribution in [3.63, 3.8) is 0 Å². The Morgan fingerprint density at radius 2 is 2.37 bits per heavy atom. The fourth-order valence-electron chi connectivity index (χ4n) is 2.00. The molecule has 1 aliphatic rings. The van der Waals surface area contributed by atoms with E-state index < -0.39 is 42.3 Å². The number of H-pyrrole nitrogens is 1. The third-order valence-corrected chi connectivity index (χ3v) is 2.81. The van der Waals surface area contributed by atoms with E-state index in [-0.39, 0.29) is 6.42 Å². The number of hydrogen-bond donors (Lipinski definition) is 1. The number of ether oxygens (including phenoxy) is 2. The molecule has 0 saturated carbocycles. The van der Waals surface area contributed by atoms with Crippen molar-refractivity contribution >= 4 is 5.97 Å². The van der Waals surface area contributed by atoms with Gasteiger partial charge in [0.2, 0.25) is 0 Å². The molecule has 0 aliphatic carbocycles. The molecule has 1 fully saturated rings. The third-order valence-electron chi connectivity index (χ3n) is 2.81. The number of nitrogens with one attached hydrogen (secondary N) is 1. The van der Waals surface area contributed by atoms with Crippen LogP contribution in [-0.2, 0) is 14.3 Å². The Kier molecular flexibility index (Phi) is 3.79. The van der Waals surface area contributed by atoms with Crippen LogP contribution in [0.1, 0.15) is 19.6 Å². The van der Waals surface area contributed by atoms with Crippen LogP contribution >= 0.6 is 0 Å². The highest BCUT2D eigenvalue weighted by molar-refractivity contribution is 5.66. The van der Waals surface area contributed by atoms with Gasteiger partial charge < -0.3 is 9.47 Å². The van der Waals surface area contributed by atoms with Gasteiger partial charge in [0.25, 0.3) is 5.56 Å². The quantitative estimate of drug-likeness (QED) is 0.765. The second-order valence-corrected chi connectivity index (χ2v) is 4.18. The maximum atomic E-state index is 12.8. The van der Waals surface area contributed by atoms with E-state index in [4.69, 9.17) is 9.47 Å². The molecule has 0 bridgehead atoms. The number of halogens is 1. The Hall–Kier alpha value is -1.96. The summed E-state index contributed by atoms with van der Waals surface area (Å²) in [6.07, 6.45) is -1.01. The Labute approximate surface area is 107 Å². The van der Waals surface area contributed by atoms with Gasteiger partial charge in [0, 0.05) is 25.6 Å². The molecular weight excluding hydrogens is 259 g/mol. The summed E-state index contributed by atoms with van der Waals surface area (Å²) in [4.78, 5) is 35.5. The van der Waals surface area contributed by atoms with Crippen LogP contribution < -0.4 is 11.2 Å². The topological polar surface area (TPSA) is 90.4 Å². The van der Waals surface area contributed by atoms with Gasteiger partial charge in [-0.2, -0.15) is 0 Å². The lowest BCUT2D eigenvalue weighted by Gasteiger charge is -2.14. The molecule has 1 N–H and O–H groups in total. The summed E-state index contributed by atoms with van der Waals surface area (Å²) in [5.41, 5.74) is -1.18. The molecule has 19 heavy (non-hydrogen) atoms. The summed E-state index contributed by atoms with van der Waals surface area (Å²) in [7, 11) is 0. The maximum absolute atomic E-state index is 12.8. The third kappa shape index (κ3) is 2.90. The van der Waals surface area contributed by atoms with Gasteiger partial charge in [-0.3, -0.25) is 19.1 Å². The first kappa shape index (κ1) is 13.5. The van der Waals surface area contributed by atoms with Crippen molar-refractivity contribution < 1.29 is 18.7 Å². The molecule has 1 aliphatic heterocycles. The summed E-state index contributed by atoms with van der Waals surface area (Å²) < 4.78 is 24.2. The fourth-order valence-corrected chi connectivity index (χ4v) is 2.00. The molecule has 3 atom stereocenters. The van der Waals surface area contributed by atoms with E-state index in [0.717, 1.165) is 10.6 Å². The first-order valence-electron chi connectivity index (χ1n) is 5.71. The lowest BCUT2D eigenvalue weighted by molar-refractivity contribution is -0.149. The van der Waals surface area contributed by atoms with Crippen LogP contribution in [0.25, 0.3) is 0 Å². The minimum Gasteiger partial charge on any atom is -0.459 e. The Morgan fingerprint density at radius 1 is 1.63 bits per heavy atom. The van der Waals surface area contributed by atoms with Crippen molar-refractivity contribution in [1.29, 1.82) is 0 Å². The Bertz CT molecular complexity index is 581. The molecule has 0 amide bonds. The molecular formula is C11H13FN2O5. The molecule has 1 aromatic heterocycles. The zero-order valence-electron chi connectivity index (χ0n) is 10.2. The average Bonchev–Trinajstić information content (AvgIpc) is 2.71. The summed E-state index contributed by atoms with van der Waals surface area (Å²) in [5.74, 6) is -0.540. The number of alkyl halides is 1. The summed E-state index contributed by atoms with van der Waals surface area (Å²) >= 11 is 0. The van der Waals surface area contributed by atoms with E-state index in [2.05, 4.69) is 4.98 Å². The molecule has 2 heterocycles. The van der Waals surface area contributed by atoms with Crippen LogP contribution in [-0.4, -0.2) is 34.4 Å². The molecule has 104 valence electrons. The number of esters is 1. The summed E-state index contributed by atoms with van der Waals surface area (Å²) in [6.45, 7) is 0.390. The Morgan fingerprint density at radius 3 is 2.95 bits per heavy atom. The predicted octanol–water partition coefficient (Wildman–Crippen LogP) is -0.275. The highest BCUT2D eigenvalue weighted by Gasteiger charge is 2.38. The van der Waals surface area contributed by atoms with Crippen molar-refractivity contribution in [3.8, 4) is 0 Å². The molecule has 1 aromatic rings. The van der Waals surface area contributed by atoms with Gasteiger partial charge >= 0.3 is 11.7 Å². The maximum Gasteiger partial charge on any atom is 0.330 e. The number of aromatic nitrogens is 2. The minimum atomic E-state index is -0.910. The number of hydrogen-bond acceptors (Lipinski definition) is 5. The van der Waals surface area contributed by atoms with Crippen LogP contribution in [0.15, 0.2) is 21.9 Å². The number of nitrogens with zero attached hydrogens (tertiary/aromatic N) is 1. The van der Waals surface area contributed by atoms with Crippen molar-refractivity contribution in [2.75, 3.05) is 6.67 Å². The minimum absolute atomic E-state index is 0.153.